The highest BCUT2D eigenvalue weighted by molar-refractivity contribution is 5.51. The number of halogens is 1. The SMILES string of the molecule is C[C@@H]1CN(c2ccc(C#N)c(F)c2)[C@@H](C)CN1. The number of benzene rings is 1. The molecule has 0 aliphatic carbocycles. The number of hydrogen-bond donors (Lipinski definition) is 1. The second-order valence-corrected chi connectivity index (χ2v) is 4.59. The van der Waals surface area contributed by atoms with Crippen molar-refractivity contribution in [2.45, 2.75) is 25.9 Å². The molecule has 1 aliphatic rings. The van der Waals surface area contributed by atoms with Gasteiger partial charge in [0, 0.05) is 30.9 Å². The Labute approximate surface area is 101 Å². The summed E-state index contributed by atoms with van der Waals surface area (Å²) in [7, 11) is 0. The number of nitriles is 1. The Hall–Kier alpha value is -1.60. The van der Waals surface area contributed by atoms with Gasteiger partial charge in [-0.05, 0) is 32.0 Å². The van der Waals surface area contributed by atoms with Crippen LogP contribution in [0.25, 0.3) is 0 Å². The van der Waals surface area contributed by atoms with E-state index in [-0.39, 0.29) is 5.56 Å². The van der Waals surface area contributed by atoms with Gasteiger partial charge in [-0.1, -0.05) is 0 Å². The molecule has 1 aromatic rings. The Bertz CT molecular complexity index is 452. The van der Waals surface area contributed by atoms with Crippen LogP contribution in [0.2, 0.25) is 0 Å². The van der Waals surface area contributed by atoms with Crippen molar-refractivity contribution in [3.8, 4) is 6.07 Å². The summed E-state index contributed by atoms with van der Waals surface area (Å²) < 4.78 is 13.6. The smallest absolute Gasteiger partial charge is 0.143 e. The third-order valence-corrected chi connectivity index (χ3v) is 3.17. The molecule has 90 valence electrons. The van der Waals surface area contributed by atoms with Gasteiger partial charge in [-0.3, -0.25) is 0 Å². The predicted octanol–water partition coefficient (Wildman–Crippen LogP) is 1.88. The largest absolute Gasteiger partial charge is 0.366 e. The molecule has 0 spiro atoms. The topological polar surface area (TPSA) is 39.1 Å². The van der Waals surface area contributed by atoms with Gasteiger partial charge in [0.25, 0.3) is 0 Å². The average molecular weight is 233 g/mol. The molecule has 2 atom stereocenters. The van der Waals surface area contributed by atoms with Crippen LogP contribution in [0.3, 0.4) is 0 Å². The zero-order valence-electron chi connectivity index (χ0n) is 10.1. The van der Waals surface area contributed by atoms with Crippen molar-refractivity contribution in [1.29, 1.82) is 5.26 Å². The number of nitrogens with zero attached hydrogens (tertiary/aromatic N) is 2. The minimum Gasteiger partial charge on any atom is -0.366 e. The Morgan fingerprint density at radius 3 is 2.88 bits per heavy atom. The predicted molar refractivity (Wildman–Crippen MR) is 65.4 cm³/mol. The van der Waals surface area contributed by atoms with Crippen molar-refractivity contribution in [2.75, 3.05) is 18.0 Å². The standard InChI is InChI=1S/C13H16FN3/c1-9-8-17(10(2)7-16-9)12-4-3-11(6-15)13(14)5-12/h3-5,9-10,16H,7-8H2,1-2H3/t9-,10+/m1/s1. The van der Waals surface area contributed by atoms with Gasteiger partial charge < -0.3 is 10.2 Å². The lowest BCUT2D eigenvalue weighted by Crippen LogP contribution is -2.54. The fraction of sp³-hybridized carbons (Fsp3) is 0.462. The fourth-order valence-electron chi connectivity index (χ4n) is 2.15. The van der Waals surface area contributed by atoms with Gasteiger partial charge in [0.15, 0.2) is 0 Å². The quantitative estimate of drug-likeness (QED) is 0.805. The summed E-state index contributed by atoms with van der Waals surface area (Å²) >= 11 is 0. The maximum atomic E-state index is 13.6. The summed E-state index contributed by atoms with van der Waals surface area (Å²) in [6, 6.07) is 7.38. The molecular weight excluding hydrogens is 217 g/mol. The summed E-state index contributed by atoms with van der Waals surface area (Å²) in [6.45, 7) is 5.96. The molecule has 1 aliphatic heterocycles. The Kier molecular flexibility index (Phi) is 3.30. The summed E-state index contributed by atoms with van der Waals surface area (Å²) in [5.41, 5.74) is 0.951. The number of anilines is 1. The van der Waals surface area contributed by atoms with Gasteiger partial charge in [0.1, 0.15) is 11.9 Å². The first-order valence-corrected chi connectivity index (χ1v) is 5.81. The Morgan fingerprint density at radius 2 is 2.24 bits per heavy atom. The zero-order valence-corrected chi connectivity index (χ0v) is 10.1. The minimum atomic E-state index is -0.441. The van der Waals surface area contributed by atoms with Crippen molar-refractivity contribution in [2.24, 2.45) is 0 Å². The summed E-state index contributed by atoms with van der Waals surface area (Å²) in [5, 5.41) is 12.1. The van der Waals surface area contributed by atoms with Crippen LogP contribution in [0, 0.1) is 17.1 Å². The van der Waals surface area contributed by atoms with Crippen LogP contribution in [0.1, 0.15) is 19.4 Å². The molecule has 1 aromatic carbocycles. The second kappa shape index (κ2) is 4.72. The van der Waals surface area contributed by atoms with Crippen molar-refractivity contribution in [3.63, 3.8) is 0 Å². The number of hydrogen-bond acceptors (Lipinski definition) is 3. The second-order valence-electron chi connectivity index (χ2n) is 4.59. The first kappa shape index (κ1) is 11.9. The van der Waals surface area contributed by atoms with Crippen LogP contribution in [0.5, 0.6) is 0 Å². The molecule has 0 unspecified atom stereocenters. The highest BCUT2D eigenvalue weighted by atomic mass is 19.1. The molecule has 1 saturated heterocycles. The van der Waals surface area contributed by atoms with E-state index in [0.717, 1.165) is 18.8 Å². The molecule has 0 amide bonds. The van der Waals surface area contributed by atoms with Gasteiger partial charge >= 0.3 is 0 Å². The lowest BCUT2D eigenvalue weighted by molar-refractivity contribution is 0.424. The van der Waals surface area contributed by atoms with E-state index in [0.29, 0.717) is 12.1 Å². The van der Waals surface area contributed by atoms with E-state index in [1.165, 1.54) is 6.07 Å². The maximum Gasteiger partial charge on any atom is 0.143 e. The van der Waals surface area contributed by atoms with Crippen molar-refractivity contribution >= 4 is 5.69 Å². The number of rotatable bonds is 1. The molecule has 0 saturated carbocycles. The van der Waals surface area contributed by atoms with Crippen LogP contribution in [-0.4, -0.2) is 25.2 Å². The van der Waals surface area contributed by atoms with E-state index in [2.05, 4.69) is 24.1 Å². The van der Waals surface area contributed by atoms with Gasteiger partial charge in [-0.2, -0.15) is 5.26 Å². The normalized spacial score (nSPS) is 24.5. The van der Waals surface area contributed by atoms with E-state index in [1.807, 2.05) is 12.1 Å². The molecule has 0 aromatic heterocycles. The van der Waals surface area contributed by atoms with Crippen molar-refractivity contribution < 1.29 is 4.39 Å². The summed E-state index contributed by atoms with van der Waals surface area (Å²) in [5.74, 6) is -0.441. The lowest BCUT2D eigenvalue weighted by Gasteiger charge is -2.39. The molecule has 0 bridgehead atoms. The highest BCUT2D eigenvalue weighted by Gasteiger charge is 2.23. The van der Waals surface area contributed by atoms with Crippen molar-refractivity contribution in [3.05, 3.63) is 29.6 Å². The van der Waals surface area contributed by atoms with Crippen LogP contribution in [-0.2, 0) is 0 Å². The fourth-order valence-corrected chi connectivity index (χ4v) is 2.15. The third kappa shape index (κ3) is 2.40. The first-order valence-electron chi connectivity index (χ1n) is 5.81. The Balaban J connectivity index is 2.27. The molecule has 1 fully saturated rings. The zero-order chi connectivity index (χ0) is 12.4. The first-order chi connectivity index (χ1) is 8.11. The van der Waals surface area contributed by atoms with Crippen LogP contribution in [0.4, 0.5) is 10.1 Å². The lowest BCUT2D eigenvalue weighted by atomic mass is 10.1. The van der Waals surface area contributed by atoms with Crippen LogP contribution in [0.15, 0.2) is 18.2 Å². The van der Waals surface area contributed by atoms with E-state index in [4.69, 9.17) is 5.26 Å². The van der Waals surface area contributed by atoms with Crippen molar-refractivity contribution in [1.82, 2.24) is 5.32 Å². The molecule has 2 rings (SSSR count). The van der Waals surface area contributed by atoms with Gasteiger partial charge in [-0.15, -0.1) is 0 Å². The maximum absolute atomic E-state index is 13.6. The summed E-state index contributed by atoms with van der Waals surface area (Å²) in [4.78, 5) is 2.17. The molecule has 1 N–H and O–H groups in total. The van der Waals surface area contributed by atoms with Crippen LogP contribution >= 0.6 is 0 Å². The average Bonchev–Trinajstić information content (AvgIpc) is 2.32. The van der Waals surface area contributed by atoms with Gasteiger partial charge in [0.05, 0.1) is 5.56 Å². The molecule has 1 heterocycles. The number of piperazine rings is 1. The van der Waals surface area contributed by atoms with Gasteiger partial charge in [-0.25, -0.2) is 4.39 Å². The van der Waals surface area contributed by atoms with Gasteiger partial charge in [0.2, 0.25) is 0 Å². The molecule has 0 radical (unpaired) electrons. The molecule has 3 nitrogen and oxygen atoms in total. The highest BCUT2D eigenvalue weighted by Crippen LogP contribution is 2.22. The molecular formula is C13H16FN3. The summed E-state index contributed by atoms with van der Waals surface area (Å²) in [6.07, 6.45) is 0. The minimum absolute atomic E-state index is 0.101. The van der Waals surface area contributed by atoms with E-state index < -0.39 is 5.82 Å². The Morgan fingerprint density at radius 1 is 1.47 bits per heavy atom. The van der Waals surface area contributed by atoms with E-state index in [1.54, 1.807) is 6.07 Å². The van der Waals surface area contributed by atoms with E-state index in [9.17, 15) is 4.39 Å². The monoisotopic (exact) mass is 233 g/mol. The van der Waals surface area contributed by atoms with Crippen LogP contribution < -0.4 is 10.2 Å². The number of nitrogens with one attached hydrogen (secondary N) is 1. The van der Waals surface area contributed by atoms with E-state index >= 15 is 0 Å². The molecule has 17 heavy (non-hydrogen) atoms. The third-order valence-electron chi connectivity index (χ3n) is 3.17. The molecule has 4 heteroatoms.